The van der Waals surface area contributed by atoms with Gasteiger partial charge in [-0.3, -0.25) is 0 Å². The number of benzene rings is 2. The van der Waals surface area contributed by atoms with Gasteiger partial charge < -0.3 is 19.5 Å². The summed E-state index contributed by atoms with van der Waals surface area (Å²) in [5.41, 5.74) is 1.20. The van der Waals surface area contributed by atoms with E-state index < -0.39 is 0 Å². The van der Waals surface area contributed by atoms with E-state index in [0.29, 0.717) is 6.61 Å². The minimum absolute atomic E-state index is 0.245. The van der Waals surface area contributed by atoms with Crippen LogP contribution in [0.15, 0.2) is 48.5 Å². The lowest BCUT2D eigenvalue weighted by Crippen LogP contribution is -2.24. The van der Waals surface area contributed by atoms with Crippen LogP contribution in [-0.4, -0.2) is 27.4 Å². The van der Waals surface area contributed by atoms with Crippen molar-refractivity contribution in [2.45, 2.75) is 13.0 Å². The van der Waals surface area contributed by atoms with Gasteiger partial charge in [-0.2, -0.15) is 0 Å². The summed E-state index contributed by atoms with van der Waals surface area (Å²) in [5.74, 6) is 2.55. The summed E-state index contributed by atoms with van der Waals surface area (Å²) >= 11 is 0. The first-order chi connectivity index (χ1) is 10.7. The number of nitrogens with one attached hydrogen (secondary N) is 1. The van der Waals surface area contributed by atoms with Crippen LogP contribution in [0.4, 0.5) is 0 Å². The van der Waals surface area contributed by atoms with Crippen LogP contribution in [0.5, 0.6) is 17.2 Å². The SMILES string of the molecule is COc1ccc(OCCN[C@@H](C)c2cccc(OC)c2)cc1. The maximum Gasteiger partial charge on any atom is 0.119 e. The standard InChI is InChI=1S/C18H23NO3/c1-14(15-5-4-6-18(13-15)21-3)19-11-12-22-17-9-7-16(20-2)8-10-17/h4-10,13-14,19H,11-12H2,1-3H3/t14-/m0/s1. The van der Waals surface area contributed by atoms with Gasteiger partial charge in [0.05, 0.1) is 14.2 Å². The molecule has 0 bridgehead atoms. The summed E-state index contributed by atoms with van der Waals surface area (Å²) in [4.78, 5) is 0. The lowest BCUT2D eigenvalue weighted by atomic mass is 10.1. The normalized spacial score (nSPS) is 11.8. The molecule has 4 nitrogen and oxygen atoms in total. The van der Waals surface area contributed by atoms with Crippen LogP contribution in [0.2, 0.25) is 0 Å². The molecule has 2 rings (SSSR count). The van der Waals surface area contributed by atoms with Gasteiger partial charge in [-0.05, 0) is 48.9 Å². The summed E-state index contributed by atoms with van der Waals surface area (Å²) in [6, 6.07) is 15.9. The number of rotatable bonds is 8. The Kier molecular flexibility index (Phi) is 6.10. The van der Waals surface area contributed by atoms with Crippen molar-refractivity contribution in [1.29, 1.82) is 0 Å². The largest absolute Gasteiger partial charge is 0.497 e. The van der Waals surface area contributed by atoms with Gasteiger partial charge in [-0.25, -0.2) is 0 Å². The molecule has 0 aliphatic rings. The summed E-state index contributed by atoms with van der Waals surface area (Å²) < 4.78 is 16.1. The first kappa shape index (κ1) is 16.2. The molecule has 4 heteroatoms. The molecule has 0 fully saturated rings. The average molecular weight is 301 g/mol. The highest BCUT2D eigenvalue weighted by Crippen LogP contribution is 2.19. The first-order valence-electron chi connectivity index (χ1n) is 7.37. The third-order valence-electron chi connectivity index (χ3n) is 3.47. The Balaban J connectivity index is 1.75. The third kappa shape index (κ3) is 4.67. The van der Waals surface area contributed by atoms with E-state index in [1.165, 1.54) is 5.56 Å². The van der Waals surface area contributed by atoms with E-state index in [2.05, 4.69) is 18.3 Å². The highest BCUT2D eigenvalue weighted by Gasteiger charge is 2.05. The van der Waals surface area contributed by atoms with Crippen molar-refractivity contribution in [1.82, 2.24) is 5.32 Å². The van der Waals surface area contributed by atoms with Crippen molar-refractivity contribution >= 4 is 0 Å². The van der Waals surface area contributed by atoms with Crippen molar-refractivity contribution in [3.8, 4) is 17.2 Å². The van der Waals surface area contributed by atoms with E-state index in [9.17, 15) is 0 Å². The van der Waals surface area contributed by atoms with Gasteiger partial charge in [0.2, 0.25) is 0 Å². The minimum atomic E-state index is 0.245. The van der Waals surface area contributed by atoms with Crippen LogP contribution >= 0.6 is 0 Å². The van der Waals surface area contributed by atoms with Crippen molar-refractivity contribution in [3.05, 3.63) is 54.1 Å². The smallest absolute Gasteiger partial charge is 0.119 e. The molecule has 118 valence electrons. The second-order valence-electron chi connectivity index (χ2n) is 4.98. The number of hydrogen-bond acceptors (Lipinski definition) is 4. The second kappa shape index (κ2) is 8.29. The Bertz CT molecular complexity index is 569. The summed E-state index contributed by atoms with van der Waals surface area (Å²) in [7, 11) is 3.33. The van der Waals surface area contributed by atoms with Crippen LogP contribution in [0.3, 0.4) is 0 Å². The van der Waals surface area contributed by atoms with Crippen molar-refractivity contribution < 1.29 is 14.2 Å². The molecule has 1 atom stereocenters. The fraction of sp³-hybridized carbons (Fsp3) is 0.333. The predicted molar refractivity (Wildman–Crippen MR) is 87.9 cm³/mol. The average Bonchev–Trinajstić information content (AvgIpc) is 2.59. The lowest BCUT2D eigenvalue weighted by Gasteiger charge is -2.15. The zero-order valence-corrected chi connectivity index (χ0v) is 13.3. The molecule has 22 heavy (non-hydrogen) atoms. The summed E-state index contributed by atoms with van der Waals surface area (Å²) in [5, 5.41) is 3.44. The maximum absolute atomic E-state index is 5.69. The van der Waals surface area contributed by atoms with E-state index in [-0.39, 0.29) is 6.04 Å². The molecule has 0 radical (unpaired) electrons. The van der Waals surface area contributed by atoms with Gasteiger partial charge >= 0.3 is 0 Å². The van der Waals surface area contributed by atoms with E-state index in [4.69, 9.17) is 14.2 Å². The number of methoxy groups -OCH3 is 2. The van der Waals surface area contributed by atoms with Gasteiger partial charge in [0.15, 0.2) is 0 Å². The molecular weight excluding hydrogens is 278 g/mol. The zero-order chi connectivity index (χ0) is 15.8. The monoisotopic (exact) mass is 301 g/mol. The molecule has 0 aliphatic carbocycles. The van der Waals surface area contributed by atoms with Crippen molar-refractivity contribution in [2.75, 3.05) is 27.4 Å². The molecule has 0 unspecified atom stereocenters. The van der Waals surface area contributed by atoms with Crippen LogP contribution in [-0.2, 0) is 0 Å². The molecule has 2 aromatic carbocycles. The fourth-order valence-electron chi connectivity index (χ4n) is 2.14. The Morgan fingerprint density at radius 1 is 0.909 bits per heavy atom. The molecule has 1 N–H and O–H groups in total. The molecule has 0 aliphatic heterocycles. The molecule has 0 saturated heterocycles. The molecule has 0 saturated carbocycles. The third-order valence-corrected chi connectivity index (χ3v) is 3.47. The molecule has 0 spiro atoms. The zero-order valence-electron chi connectivity index (χ0n) is 13.3. The van der Waals surface area contributed by atoms with Crippen LogP contribution in [0.25, 0.3) is 0 Å². The molecule has 0 amide bonds. The lowest BCUT2D eigenvalue weighted by molar-refractivity contribution is 0.307. The van der Waals surface area contributed by atoms with Gasteiger partial charge in [0.25, 0.3) is 0 Å². The minimum Gasteiger partial charge on any atom is -0.497 e. The van der Waals surface area contributed by atoms with E-state index >= 15 is 0 Å². The van der Waals surface area contributed by atoms with Crippen molar-refractivity contribution in [2.24, 2.45) is 0 Å². The maximum atomic E-state index is 5.69. The van der Waals surface area contributed by atoms with E-state index in [1.54, 1.807) is 14.2 Å². The van der Waals surface area contributed by atoms with Crippen molar-refractivity contribution in [3.63, 3.8) is 0 Å². The molecule has 0 aromatic heterocycles. The van der Waals surface area contributed by atoms with Crippen LogP contribution < -0.4 is 19.5 Å². The topological polar surface area (TPSA) is 39.7 Å². The van der Waals surface area contributed by atoms with E-state index in [1.807, 2.05) is 42.5 Å². The Hall–Kier alpha value is -2.20. The van der Waals surface area contributed by atoms with Crippen LogP contribution in [0.1, 0.15) is 18.5 Å². The van der Waals surface area contributed by atoms with Gasteiger partial charge in [-0.1, -0.05) is 12.1 Å². The van der Waals surface area contributed by atoms with E-state index in [0.717, 1.165) is 23.8 Å². The highest BCUT2D eigenvalue weighted by molar-refractivity contribution is 5.31. The Labute approximate surface area is 132 Å². The molecule has 0 heterocycles. The second-order valence-corrected chi connectivity index (χ2v) is 4.98. The van der Waals surface area contributed by atoms with Gasteiger partial charge in [0, 0.05) is 12.6 Å². The number of ether oxygens (including phenoxy) is 3. The Morgan fingerprint density at radius 2 is 1.59 bits per heavy atom. The summed E-state index contributed by atoms with van der Waals surface area (Å²) in [6.45, 7) is 3.51. The number of hydrogen-bond donors (Lipinski definition) is 1. The van der Waals surface area contributed by atoms with Gasteiger partial charge in [-0.15, -0.1) is 0 Å². The highest BCUT2D eigenvalue weighted by atomic mass is 16.5. The summed E-state index contributed by atoms with van der Waals surface area (Å²) in [6.07, 6.45) is 0. The van der Waals surface area contributed by atoms with Crippen LogP contribution in [0, 0.1) is 0 Å². The Morgan fingerprint density at radius 3 is 2.27 bits per heavy atom. The molecule has 2 aromatic rings. The first-order valence-corrected chi connectivity index (χ1v) is 7.37. The predicted octanol–water partition coefficient (Wildman–Crippen LogP) is 3.43. The molecular formula is C18H23NO3. The fourth-order valence-corrected chi connectivity index (χ4v) is 2.14. The quantitative estimate of drug-likeness (QED) is 0.758. The van der Waals surface area contributed by atoms with Gasteiger partial charge in [0.1, 0.15) is 23.9 Å².